The normalized spacial score (nSPS) is 22.5. The predicted octanol–water partition coefficient (Wildman–Crippen LogP) is 4.34. The van der Waals surface area contributed by atoms with E-state index >= 15 is 0 Å². The lowest BCUT2D eigenvalue weighted by atomic mass is 9.93. The minimum atomic E-state index is -1.19. The summed E-state index contributed by atoms with van der Waals surface area (Å²) >= 11 is 0. The monoisotopic (exact) mass is 406 g/mol. The van der Waals surface area contributed by atoms with Gasteiger partial charge in [0.15, 0.2) is 0 Å². The summed E-state index contributed by atoms with van der Waals surface area (Å²) in [5, 5.41) is 14.0. The number of aryl methyl sites for hydroxylation is 1. The van der Waals surface area contributed by atoms with Gasteiger partial charge in [-0.05, 0) is 43.2 Å². The Morgan fingerprint density at radius 2 is 1.90 bits per heavy atom. The molecule has 0 aromatic heterocycles. The minimum Gasteiger partial charge on any atom is -0.447 e. The molecule has 0 heterocycles. The molecule has 2 aromatic carbocycles. The summed E-state index contributed by atoms with van der Waals surface area (Å²) in [5.41, 5.74) is 1.07. The Balaban J connectivity index is 1.57. The van der Waals surface area contributed by atoms with Gasteiger partial charge in [-0.1, -0.05) is 48.6 Å². The SMILES string of the molecule is Cc1ccc(NC(=O)C(OC(=O)C2CC3C=CC2C3)c2ccccc2)c([N+](=O)[O-])c1. The Kier molecular flexibility index (Phi) is 5.35. The summed E-state index contributed by atoms with van der Waals surface area (Å²) in [5.74, 6) is -0.742. The zero-order valence-electron chi connectivity index (χ0n) is 16.5. The molecule has 1 saturated carbocycles. The molecule has 4 rings (SSSR count). The predicted molar refractivity (Wildman–Crippen MR) is 111 cm³/mol. The number of nitro groups is 1. The largest absolute Gasteiger partial charge is 0.447 e. The topological polar surface area (TPSA) is 98.5 Å². The molecule has 0 saturated heterocycles. The average molecular weight is 406 g/mol. The molecule has 1 N–H and O–H groups in total. The molecular weight excluding hydrogens is 384 g/mol. The van der Waals surface area contributed by atoms with Crippen LogP contribution >= 0.6 is 0 Å². The van der Waals surface area contributed by atoms with Gasteiger partial charge in [0.1, 0.15) is 5.69 Å². The van der Waals surface area contributed by atoms with Crippen molar-refractivity contribution in [3.05, 3.63) is 81.9 Å². The number of ether oxygens (including phenoxy) is 1. The highest BCUT2D eigenvalue weighted by Gasteiger charge is 2.42. The summed E-state index contributed by atoms with van der Waals surface area (Å²) in [6.07, 6.45) is 4.66. The maximum absolute atomic E-state index is 13.1. The van der Waals surface area contributed by atoms with E-state index in [0.717, 1.165) is 12.8 Å². The van der Waals surface area contributed by atoms with Gasteiger partial charge in [0, 0.05) is 11.6 Å². The number of rotatable bonds is 6. The van der Waals surface area contributed by atoms with E-state index in [0.29, 0.717) is 17.0 Å². The number of benzene rings is 2. The summed E-state index contributed by atoms with van der Waals surface area (Å²) in [6, 6.07) is 13.2. The second-order valence-corrected chi connectivity index (χ2v) is 7.88. The third-order valence-corrected chi connectivity index (χ3v) is 5.76. The third-order valence-electron chi connectivity index (χ3n) is 5.76. The first kappa shape index (κ1) is 19.8. The van der Waals surface area contributed by atoms with E-state index in [4.69, 9.17) is 4.74 Å². The molecule has 0 radical (unpaired) electrons. The van der Waals surface area contributed by atoms with E-state index in [1.165, 1.54) is 12.1 Å². The van der Waals surface area contributed by atoms with Crippen LogP contribution in [0.25, 0.3) is 0 Å². The number of amides is 1. The van der Waals surface area contributed by atoms with Crippen molar-refractivity contribution in [1.29, 1.82) is 0 Å². The minimum absolute atomic E-state index is 0.0652. The van der Waals surface area contributed by atoms with Gasteiger partial charge in [-0.25, -0.2) is 0 Å². The van der Waals surface area contributed by atoms with Gasteiger partial charge in [0.05, 0.1) is 10.8 Å². The van der Waals surface area contributed by atoms with Gasteiger partial charge in [-0.3, -0.25) is 19.7 Å². The van der Waals surface area contributed by atoms with E-state index in [1.807, 2.05) is 6.08 Å². The Labute approximate surface area is 173 Å². The smallest absolute Gasteiger partial charge is 0.310 e. The quantitative estimate of drug-likeness (QED) is 0.333. The lowest BCUT2D eigenvalue weighted by Crippen LogP contribution is -2.30. The highest BCUT2D eigenvalue weighted by molar-refractivity contribution is 5.98. The number of allylic oxidation sites excluding steroid dienone is 2. The second kappa shape index (κ2) is 8.10. The highest BCUT2D eigenvalue weighted by Crippen LogP contribution is 2.44. The van der Waals surface area contributed by atoms with Gasteiger partial charge in [0.2, 0.25) is 6.10 Å². The van der Waals surface area contributed by atoms with E-state index in [9.17, 15) is 19.7 Å². The van der Waals surface area contributed by atoms with Gasteiger partial charge in [-0.2, -0.15) is 0 Å². The fourth-order valence-electron chi connectivity index (χ4n) is 4.25. The molecule has 2 aliphatic carbocycles. The zero-order valence-corrected chi connectivity index (χ0v) is 16.5. The van der Waals surface area contributed by atoms with Crippen LogP contribution in [0.5, 0.6) is 0 Å². The number of hydrogen-bond donors (Lipinski definition) is 1. The standard InChI is InChI=1S/C23H22N2O5/c1-14-7-10-19(20(11-14)25(28)29)24-22(26)21(16-5-3-2-4-6-16)30-23(27)18-13-15-8-9-17(18)12-15/h2-11,15,17-18,21H,12-13H2,1H3,(H,24,26). The number of nitro benzene ring substituents is 1. The number of carbonyl (C=O) groups is 2. The van der Waals surface area contributed by atoms with Crippen molar-refractivity contribution in [2.45, 2.75) is 25.9 Å². The molecule has 30 heavy (non-hydrogen) atoms. The number of nitrogens with zero attached hydrogens (tertiary/aromatic N) is 1. The molecule has 7 heteroatoms. The summed E-state index contributed by atoms with van der Waals surface area (Å²) in [6.45, 7) is 1.73. The number of esters is 1. The molecule has 154 valence electrons. The fourth-order valence-corrected chi connectivity index (χ4v) is 4.25. The van der Waals surface area contributed by atoms with Crippen LogP contribution in [0, 0.1) is 34.8 Å². The number of nitrogens with one attached hydrogen (secondary N) is 1. The van der Waals surface area contributed by atoms with Crippen LogP contribution in [0.3, 0.4) is 0 Å². The van der Waals surface area contributed by atoms with Crippen molar-refractivity contribution in [2.24, 2.45) is 17.8 Å². The highest BCUT2D eigenvalue weighted by atomic mass is 16.6. The van der Waals surface area contributed by atoms with Gasteiger partial charge in [-0.15, -0.1) is 0 Å². The Hall–Kier alpha value is -3.48. The van der Waals surface area contributed by atoms with E-state index in [-0.39, 0.29) is 23.2 Å². The first-order valence-electron chi connectivity index (χ1n) is 9.92. The van der Waals surface area contributed by atoms with Crippen molar-refractivity contribution in [2.75, 3.05) is 5.32 Å². The molecule has 1 amide bonds. The Bertz CT molecular complexity index is 1020. The van der Waals surface area contributed by atoms with Crippen LogP contribution in [0.4, 0.5) is 11.4 Å². The molecule has 2 bridgehead atoms. The summed E-state index contributed by atoms with van der Waals surface area (Å²) in [7, 11) is 0. The van der Waals surface area contributed by atoms with E-state index in [1.54, 1.807) is 43.3 Å². The molecule has 2 aromatic rings. The summed E-state index contributed by atoms with van der Waals surface area (Å²) < 4.78 is 5.68. The molecule has 7 nitrogen and oxygen atoms in total. The van der Waals surface area contributed by atoms with E-state index in [2.05, 4.69) is 11.4 Å². The first-order valence-corrected chi connectivity index (χ1v) is 9.92. The molecule has 0 aliphatic heterocycles. The zero-order chi connectivity index (χ0) is 21.3. The van der Waals surface area contributed by atoms with Crippen LogP contribution in [-0.2, 0) is 14.3 Å². The Morgan fingerprint density at radius 3 is 2.53 bits per heavy atom. The lowest BCUT2D eigenvalue weighted by Gasteiger charge is -2.22. The van der Waals surface area contributed by atoms with Gasteiger partial charge in [0.25, 0.3) is 11.6 Å². The number of carbonyl (C=O) groups excluding carboxylic acids is 2. The van der Waals surface area contributed by atoms with Crippen LogP contribution in [0.15, 0.2) is 60.7 Å². The molecule has 1 fully saturated rings. The molecule has 2 aliphatic rings. The molecular formula is C23H22N2O5. The molecule has 0 spiro atoms. The number of fused-ring (bicyclic) bond motifs is 2. The fraction of sp³-hybridized carbons (Fsp3) is 0.304. The maximum Gasteiger partial charge on any atom is 0.310 e. The number of hydrogen-bond acceptors (Lipinski definition) is 5. The van der Waals surface area contributed by atoms with Gasteiger partial charge < -0.3 is 10.1 Å². The van der Waals surface area contributed by atoms with Crippen molar-refractivity contribution in [1.82, 2.24) is 0 Å². The van der Waals surface area contributed by atoms with Crippen LogP contribution in [0.1, 0.15) is 30.1 Å². The van der Waals surface area contributed by atoms with Crippen molar-refractivity contribution in [3.8, 4) is 0 Å². The van der Waals surface area contributed by atoms with Crippen LogP contribution < -0.4 is 5.32 Å². The molecule has 4 unspecified atom stereocenters. The second-order valence-electron chi connectivity index (χ2n) is 7.88. The molecule has 4 atom stereocenters. The summed E-state index contributed by atoms with van der Waals surface area (Å²) in [4.78, 5) is 36.7. The van der Waals surface area contributed by atoms with Crippen molar-refractivity contribution in [3.63, 3.8) is 0 Å². The lowest BCUT2D eigenvalue weighted by molar-refractivity contribution is -0.384. The van der Waals surface area contributed by atoms with Crippen molar-refractivity contribution >= 4 is 23.3 Å². The van der Waals surface area contributed by atoms with Gasteiger partial charge >= 0.3 is 5.97 Å². The van der Waals surface area contributed by atoms with Crippen LogP contribution in [0.2, 0.25) is 0 Å². The number of anilines is 1. The van der Waals surface area contributed by atoms with Crippen LogP contribution in [-0.4, -0.2) is 16.8 Å². The van der Waals surface area contributed by atoms with E-state index < -0.39 is 22.9 Å². The third kappa shape index (κ3) is 3.96. The first-order chi connectivity index (χ1) is 14.4. The average Bonchev–Trinajstić information content (AvgIpc) is 3.37. The Morgan fingerprint density at radius 1 is 1.13 bits per heavy atom. The van der Waals surface area contributed by atoms with Crippen molar-refractivity contribution < 1.29 is 19.2 Å². The maximum atomic E-state index is 13.1.